The van der Waals surface area contributed by atoms with Gasteiger partial charge in [0.15, 0.2) is 0 Å². The molecule has 0 spiro atoms. The zero-order valence-electron chi connectivity index (χ0n) is 23.6. The molecule has 1 fully saturated rings. The average Bonchev–Trinajstić information content (AvgIpc) is 3.46. The first-order valence-corrected chi connectivity index (χ1v) is 13.6. The van der Waals surface area contributed by atoms with Crippen LogP contribution in [-0.4, -0.2) is 42.6 Å². The zero-order chi connectivity index (χ0) is 28.2. The number of rotatable bonds is 7. The molecular weight excluding hydrogens is 482 g/mol. The minimum Gasteiger partial charge on any atom is -0.341 e. The highest BCUT2D eigenvalue weighted by molar-refractivity contribution is 5.90. The second-order valence-electron chi connectivity index (χ2n) is 9.87. The van der Waals surface area contributed by atoms with Gasteiger partial charge in [-0.2, -0.15) is 0 Å². The van der Waals surface area contributed by atoms with Crippen LogP contribution in [0.2, 0.25) is 0 Å². The van der Waals surface area contributed by atoms with Crippen molar-refractivity contribution in [1.29, 1.82) is 5.41 Å². The number of allylic oxidation sites excluding steroid dienone is 2. The van der Waals surface area contributed by atoms with E-state index in [1.165, 1.54) is 5.56 Å². The number of carbonyl (C=O) groups excluding carboxylic acids is 1. The Bertz CT molecular complexity index is 1320. The van der Waals surface area contributed by atoms with Gasteiger partial charge in [0.05, 0.1) is 17.7 Å². The van der Waals surface area contributed by atoms with E-state index in [2.05, 4.69) is 65.5 Å². The summed E-state index contributed by atoms with van der Waals surface area (Å²) >= 11 is 0. The molecule has 1 saturated heterocycles. The highest BCUT2D eigenvalue weighted by atomic mass is 16.2. The number of hydrogen-bond donors (Lipinski definition) is 3. The van der Waals surface area contributed by atoms with Crippen molar-refractivity contribution in [2.45, 2.75) is 53.0 Å². The highest BCUT2D eigenvalue weighted by Gasteiger charge is 2.30. The fourth-order valence-corrected chi connectivity index (χ4v) is 4.38. The van der Waals surface area contributed by atoms with E-state index >= 15 is 0 Å². The number of amidine groups is 1. The van der Waals surface area contributed by atoms with Gasteiger partial charge in [-0.05, 0) is 67.2 Å². The summed E-state index contributed by atoms with van der Waals surface area (Å²) in [4.78, 5) is 18.7. The summed E-state index contributed by atoms with van der Waals surface area (Å²) in [6, 6.07) is 17.8. The van der Waals surface area contributed by atoms with Crippen LogP contribution in [0, 0.1) is 40.9 Å². The normalized spacial score (nSPS) is 15.6. The number of hydrogen-bond acceptors (Lipinski definition) is 3. The Morgan fingerprint density at radius 2 is 1.79 bits per heavy atom. The summed E-state index contributed by atoms with van der Waals surface area (Å²) in [6.45, 7) is 8.82. The average molecular weight is 522 g/mol. The van der Waals surface area contributed by atoms with Crippen LogP contribution in [0.25, 0.3) is 11.1 Å². The van der Waals surface area contributed by atoms with Gasteiger partial charge in [0.2, 0.25) is 0 Å². The predicted octanol–water partition coefficient (Wildman–Crippen LogP) is 6.06. The van der Waals surface area contributed by atoms with E-state index in [0.29, 0.717) is 5.84 Å². The fourth-order valence-electron chi connectivity index (χ4n) is 4.38. The molecule has 202 valence electrons. The Morgan fingerprint density at radius 1 is 1.10 bits per heavy atom. The molecule has 1 heterocycles. The van der Waals surface area contributed by atoms with E-state index in [4.69, 9.17) is 10.4 Å². The molecule has 3 rings (SSSR count). The predicted molar refractivity (Wildman–Crippen MR) is 161 cm³/mol. The Morgan fingerprint density at radius 3 is 2.44 bits per heavy atom. The van der Waals surface area contributed by atoms with Crippen molar-refractivity contribution in [1.82, 2.24) is 15.5 Å². The molecule has 2 aromatic rings. The van der Waals surface area contributed by atoms with Gasteiger partial charge in [0.1, 0.15) is 5.84 Å². The molecule has 2 unspecified atom stereocenters. The lowest BCUT2D eigenvalue weighted by molar-refractivity contribution is 0.238. The molecular formula is C33H39N5O. The number of carbonyl (C=O) groups is 1. The van der Waals surface area contributed by atoms with Crippen LogP contribution in [0.15, 0.2) is 71.0 Å². The van der Waals surface area contributed by atoms with Gasteiger partial charge in [-0.1, -0.05) is 75.1 Å². The number of nitrogens with one attached hydrogen (secondary N) is 3. The monoisotopic (exact) mass is 521 g/mol. The molecule has 0 saturated carbocycles. The smallest absolute Gasteiger partial charge is 0.315 e. The van der Waals surface area contributed by atoms with Gasteiger partial charge in [0, 0.05) is 31.1 Å². The Kier molecular flexibility index (Phi) is 11.0. The molecule has 6 heteroatoms. The molecule has 0 radical (unpaired) electrons. The summed E-state index contributed by atoms with van der Waals surface area (Å²) in [5.41, 5.74) is 5.19. The molecule has 6 nitrogen and oxygen atoms in total. The van der Waals surface area contributed by atoms with Crippen LogP contribution in [0.4, 0.5) is 4.79 Å². The number of nitrogens with zero attached hydrogens (tertiary/aromatic N) is 2. The van der Waals surface area contributed by atoms with Crippen LogP contribution < -0.4 is 10.6 Å². The molecule has 2 amide bonds. The molecule has 1 aliphatic heterocycles. The Balaban J connectivity index is 1.67. The topological polar surface area (TPSA) is 80.6 Å². The van der Waals surface area contributed by atoms with Gasteiger partial charge < -0.3 is 15.5 Å². The van der Waals surface area contributed by atoms with Gasteiger partial charge in [-0.15, -0.1) is 0 Å². The Hall–Kier alpha value is -4.29. The van der Waals surface area contributed by atoms with E-state index in [1.54, 1.807) is 7.05 Å². The lowest BCUT2D eigenvalue weighted by Gasteiger charge is -2.30. The third-order valence-electron chi connectivity index (χ3n) is 6.71. The van der Waals surface area contributed by atoms with Gasteiger partial charge in [-0.3, -0.25) is 10.4 Å². The van der Waals surface area contributed by atoms with Crippen molar-refractivity contribution >= 4 is 18.1 Å². The van der Waals surface area contributed by atoms with Crippen molar-refractivity contribution < 1.29 is 4.79 Å². The van der Waals surface area contributed by atoms with Crippen LogP contribution in [-0.2, 0) is 0 Å². The minimum absolute atomic E-state index is 0.0112. The molecule has 0 aliphatic carbocycles. The maximum absolute atomic E-state index is 11.9. The number of amides is 2. The van der Waals surface area contributed by atoms with E-state index in [0.717, 1.165) is 48.3 Å². The number of benzene rings is 2. The van der Waals surface area contributed by atoms with E-state index < -0.39 is 0 Å². The van der Waals surface area contributed by atoms with Crippen molar-refractivity contribution in [3.05, 3.63) is 71.6 Å². The summed E-state index contributed by atoms with van der Waals surface area (Å²) in [5, 5.41) is 14.3. The molecule has 2 atom stereocenters. The third-order valence-corrected chi connectivity index (χ3v) is 6.71. The van der Waals surface area contributed by atoms with Gasteiger partial charge >= 0.3 is 6.03 Å². The highest BCUT2D eigenvalue weighted by Crippen LogP contribution is 2.27. The van der Waals surface area contributed by atoms with Crippen LogP contribution in [0.1, 0.15) is 52.5 Å². The van der Waals surface area contributed by atoms with Crippen molar-refractivity contribution in [3.8, 4) is 34.8 Å². The first kappa shape index (κ1) is 29.3. The second kappa shape index (κ2) is 14.6. The van der Waals surface area contributed by atoms with Crippen LogP contribution in [0.3, 0.4) is 0 Å². The number of urea groups is 1. The molecule has 3 N–H and O–H groups in total. The lowest BCUT2D eigenvalue weighted by atomic mass is 10.0. The van der Waals surface area contributed by atoms with Crippen molar-refractivity contribution in [3.63, 3.8) is 0 Å². The van der Waals surface area contributed by atoms with Crippen molar-refractivity contribution in [2.75, 3.05) is 13.6 Å². The molecule has 2 aromatic carbocycles. The maximum Gasteiger partial charge on any atom is 0.315 e. The third kappa shape index (κ3) is 8.35. The number of likely N-dealkylation sites (tertiary alicyclic amines) is 1. The summed E-state index contributed by atoms with van der Waals surface area (Å²) in [6.07, 6.45) is 4.52. The molecule has 0 bridgehead atoms. The first-order valence-electron chi connectivity index (χ1n) is 13.6. The minimum atomic E-state index is -0.378. The van der Waals surface area contributed by atoms with Crippen LogP contribution >= 0.6 is 0 Å². The summed E-state index contributed by atoms with van der Waals surface area (Å²) < 4.78 is 0. The molecule has 0 aromatic heterocycles. The maximum atomic E-state index is 11.9. The standard InChI is InChI=1S/C33H39N5O/c1-6-26(13-10-11-14-27-18-20-29(21-19-27)28-15-8-7-9-16-28)23-36-25(4)30-17-12-22-38(30)32(34)31(24(2)3)37-33(39)35-5/h7-9,15-16,18-21,23-24,26,31,34H,6,12,17,22H2,1-5H3,(H2,35,37,39)/b30-25-,34-32?,36-23?. The second-order valence-corrected chi connectivity index (χ2v) is 9.87. The summed E-state index contributed by atoms with van der Waals surface area (Å²) in [7, 11) is 1.58. The molecule has 1 aliphatic rings. The molecule has 39 heavy (non-hydrogen) atoms. The first-order chi connectivity index (χ1) is 18.8. The largest absolute Gasteiger partial charge is 0.341 e. The van der Waals surface area contributed by atoms with E-state index in [1.807, 2.05) is 62.2 Å². The van der Waals surface area contributed by atoms with Gasteiger partial charge in [0.25, 0.3) is 0 Å². The lowest BCUT2D eigenvalue weighted by Crippen LogP contribution is -2.52. The van der Waals surface area contributed by atoms with E-state index in [-0.39, 0.29) is 23.9 Å². The van der Waals surface area contributed by atoms with Gasteiger partial charge in [-0.25, -0.2) is 4.79 Å². The summed E-state index contributed by atoms with van der Waals surface area (Å²) in [5.74, 6) is 12.8. The quantitative estimate of drug-likeness (QED) is 0.235. The zero-order valence-corrected chi connectivity index (χ0v) is 23.6. The van der Waals surface area contributed by atoms with Crippen LogP contribution in [0.5, 0.6) is 0 Å². The Labute approximate surface area is 233 Å². The SMILES string of the molecule is CCC(C#CC#Cc1ccc(-c2ccccc2)cc1)C=N/C(C)=C1/CCCN1C(=N)C(NC(=O)NC)C(C)C. The number of aliphatic imine (C=N–C) groups is 1. The fraction of sp³-hybridized carbons (Fsp3) is 0.364. The van der Waals surface area contributed by atoms with E-state index in [9.17, 15) is 4.79 Å². The van der Waals surface area contributed by atoms with Crippen molar-refractivity contribution in [2.24, 2.45) is 16.8 Å².